The molecule has 0 bridgehead atoms. The summed E-state index contributed by atoms with van der Waals surface area (Å²) >= 11 is 0. The molecular weight excluding hydrogens is 527 g/mol. The van der Waals surface area contributed by atoms with Crippen molar-refractivity contribution < 1.29 is 17.9 Å². The van der Waals surface area contributed by atoms with Crippen LogP contribution in [0.25, 0.3) is 10.9 Å². The first kappa shape index (κ1) is 30.1. The van der Waals surface area contributed by atoms with Gasteiger partial charge in [0, 0.05) is 23.2 Å². The van der Waals surface area contributed by atoms with E-state index in [2.05, 4.69) is 47.5 Å². The Bertz CT molecular complexity index is 1460. The molecule has 6 nitrogen and oxygen atoms in total. The van der Waals surface area contributed by atoms with Crippen molar-refractivity contribution in [2.75, 3.05) is 38.4 Å². The normalized spacial score (nSPS) is 17.6. The zero-order chi connectivity index (χ0) is 29.8. The average molecular weight is 566 g/mol. The van der Waals surface area contributed by atoms with Crippen LogP contribution in [0.3, 0.4) is 0 Å². The first-order valence-electron chi connectivity index (χ1n) is 13.9. The van der Waals surface area contributed by atoms with E-state index in [4.69, 9.17) is 4.74 Å². The second-order valence-corrected chi connectivity index (χ2v) is 11.4. The van der Waals surface area contributed by atoms with Crippen LogP contribution >= 0.6 is 0 Å². The standard InChI is InChI=1S/C32H38F3N5O/c1-31(2,20-36)22-11-16-28(30(18-22)41-5)37-17-7-8-25-19-26-27(38-23-12-14-24(15-13-23)39(3)4)9-6-10-29(26)40(25)21-32(33,34)35/h6,9-11,16,18-19,23-24,37-38H,12-15,17,21H2,1-5H3. The zero-order valence-electron chi connectivity index (χ0n) is 24.3. The largest absolute Gasteiger partial charge is 0.495 e. The minimum atomic E-state index is -4.39. The summed E-state index contributed by atoms with van der Waals surface area (Å²) in [4.78, 5) is 2.26. The van der Waals surface area contributed by atoms with Crippen LogP contribution in [0.15, 0.2) is 42.5 Å². The molecule has 3 aromatic rings. The summed E-state index contributed by atoms with van der Waals surface area (Å²) in [7, 11) is 5.75. The second-order valence-electron chi connectivity index (χ2n) is 11.4. The number of anilines is 2. The number of nitrogens with zero attached hydrogens (tertiary/aromatic N) is 3. The van der Waals surface area contributed by atoms with E-state index in [0.717, 1.165) is 42.3 Å². The van der Waals surface area contributed by atoms with Crippen molar-refractivity contribution in [1.29, 1.82) is 5.26 Å². The highest BCUT2D eigenvalue weighted by molar-refractivity contribution is 5.94. The number of methoxy groups -OCH3 is 1. The van der Waals surface area contributed by atoms with Gasteiger partial charge < -0.3 is 24.8 Å². The van der Waals surface area contributed by atoms with Crippen molar-refractivity contribution >= 4 is 22.3 Å². The number of rotatable bonds is 8. The number of nitriles is 1. The molecule has 0 radical (unpaired) electrons. The minimum absolute atomic E-state index is 0.200. The van der Waals surface area contributed by atoms with Crippen LogP contribution < -0.4 is 15.4 Å². The monoisotopic (exact) mass is 565 g/mol. The number of aromatic nitrogens is 1. The molecule has 1 fully saturated rings. The van der Waals surface area contributed by atoms with Crippen LogP contribution in [0.2, 0.25) is 0 Å². The van der Waals surface area contributed by atoms with E-state index in [9.17, 15) is 18.4 Å². The van der Waals surface area contributed by atoms with Gasteiger partial charge in [-0.15, -0.1) is 0 Å². The Kier molecular flexibility index (Phi) is 9.09. The third kappa shape index (κ3) is 7.28. The Labute approximate surface area is 240 Å². The predicted molar refractivity (Wildman–Crippen MR) is 158 cm³/mol. The maximum absolute atomic E-state index is 13.6. The first-order chi connectivity index (χ1) is 19.4. The second kappa shape index (κ2) is 12.4. The molecule has 0 aliphatic heterocycles. The number of fused-ring (bicyclic) bond motifs is 1. The van der Waals surface area contributed by atoms with E-state index in [1.165, 1.54) is 4.57 Å². The van der Waals surface area contributed by atoms with Gasteiger partial charge in [0.2, 0.25) is 0 Å². The van der Waals surface area contributed by atoms with Gasteiger partial charge in [0.05, 0.1) is 42.0 Å². The Morgan fingerprint density at radius 1 is 1.05 bits per heavy atom. The topological polar surface area (TPSA) is 65.2 Å². The summed E-state index contributed by atoms with van der Waals surface area (Å²) in [5, 5.41) is 16.9. The molecule has 2 N–H and O–H groups in total. The van der Waals surface area contributed by atoms with E-state index in [1.54, 1.807) is 25.3 Å². The summed E-state index contributed by atoms with van der Waals surface area (Å²) in [6.07, 6.45) is -0.189. The minimum Gasteiger partial charge on any atom is -0.495 e. The summed E-state index contributed by atoms with van der Waals surface area (Å²) < 4.78 is 47.5. The molecule has 0 saturated heterocycles. The molecule has 41 heavy (non-hydrogen) atoms. The molecule has 0 spiro atoms. The van der Waals surface area contributed by atoms with Crippen LogP contribution in [0.4, 0.5) is 24.5 Å². The van der Waals surface area contributed by atoms with Crippen molar-refractivity contribution in [3.63, 3.8) is 0 Å². The van der Waals surface area contributed by atoms with Crippen molar-refractivity contribution in [2.45, 2.75) is 69.8 Å². The Morgan fingerprint density at radius 3 is 2.41 bits per heavy atom. The Hall–Kier alpha value is -3.82. The molecule has 1 heterocycles. The molecule has 0 unspecified atom stereocenters. The highest BCUT2D eigenvalue weighted by atomic mass is 19.4. The number of alkyl halides is 3. The average Bonchev–Trinajstić information content (AvgIpc) is 3.27. The Balaban J connectivity index is 1.56. The number of hydrogen-bond donors (Lipinski definition) is 2. The molecule has 1 saturated carbocycles. The summed E-state index contributed by atoms with van der Waals surface area (Å²) in [5.74, 6) is 6.50. The number of ether oxygens (including phenoxy) is 1. The molecule has 1 aromatic heterocycles. The maximum Gasteiger partial charge on any atom is 0.406 e. The lowest BCUT2D eigenvalue weighted by Crippen LogP contribution is -2.36. The fourth-order valence-corrected chi connectivity index (χ4v) is 5.38. The lowest BCUT2D eigenvalue weighted by Gasteiger charge is -2.33. The molecule has 218 valence electrons. The van der Waals surface area contributed by atoms with Crippen molar-refractivity contribution in [1.82, 2.24) is 9.47 Å². The first-order valence-corrected chi connectivity index (χ1v) is 13.9. The van der Waals surface area contributed by atoms with Gasteiger partial charge in [0.25, 0.3) is 0 Å². The van der Waals surface area contributed by atoms with Crippen LogP contribution in [-0.2, 0) is 12.0 Å². The highest BCUT2D eigenvalue weighted by Gasteiger charge is 2.30. The maximum atomic E-state index is 13.6. The molecule has 2 aromatic carbocycles. The van der Waals surface area contributed by atoms with E-state index in [1.807, 2.05) is 38.1 Å². The quantitative estimate of drug-likeness (QED) is 0.296. The number of halogens is 3. The SMILES string of the molecule is COc1cc(C(C)(C)C#N)ccc1NCC#Cc1cc2c(NC3CCC(N(C)C)CC3)cccc2n1CC(F)(F)F. The number of nitrogens with one attached hydrogen (secondary N) is 2. The molecule has 4 rings (SSSR count). The lowest BCUT2D eigenvalue weighted by molar-refractivity contribution is -0.140. The highest BCUT2D eigenvalue weighted by Crippen LogP contribution is 2.33. The Morgan fingerprint density at radius 2 is 1.78 bits per heavy atom. The van der Waals surface area contributed by atoms with Gasteiger partial charge in [-0.05, 0) is 95.4 Å². The van der Waals surface area contributed by atoms with Gasteiger partial charge in [-0.25, -0.2) is 0 Å². The predicted octanol–water partition coefficient (Wildman–Crippen LogP) is 6.76. The number of hydrogen-bond acceptors (Lipinski definition) is 5. The molecule has 1 aliphatic carbocycles. The van der Waals surface area contributed by atoms with E-state index in [-0.39, 0.29) is 12.6 Å². The zero-order valence-corrected chi connectivity index (χ0v) is 24.3. The van der Waals surface area contributed by atoms with Crippen LogP contribution in [0.5, 0.6) is 5.75 Å². The van der Waals surface area contributed by atoms with Crippen molar-refractivity contribution in [3.8, 4) is 23.7 Å². The molecule has 0 amide bonds. The molecule has 0 atom stereocenters. The fourth-order valence-electron chi connectivity index (χ4n) is 5.38. The third-order valence-corrected chi connectivity index (χ3v) is 7.86. The van der Waals surface area contributed by atoms with Crippen molar-refractivity contribution in [2.24, 2.45) is 0 Å². The van der Waals surface area contributed by atoms with E-state index < -0.39 is 18.1 Å². The van der Waals surface area contributed by atoms with E-state index >= 15 is 0 Å². The summed E-state index contributed by atoms with van der Waals surface area (Å²) in [6, 6.07) is 15.8. The van der Waals surface area contributed by atoms with Crippen molar-refractivity contribution in [3.05, 3.63) is 53.7 Å². The van der Waals surface area contributed by atoms with Gasteiger partial charge in [-0.3, -0.25) is 0 Å². The fraction of sp³-hybridized carbons (Fsp3) is 0.469. The number of benzene rings is 2. The van der Waals surface area contributed by atoms with Crippen LogP contribution in [-0.4, -0.2) is 55.5 Å². The van der Waals surface area contributed by atoms with Gasteiger partial charge >= 0.3 is 6.18 Å². The summed E-state index contributed by atoms with van der Waals surface area (Å²) in [5.41, 5.74) is 2.48. The van der Waals surface area contributed by atoms with Gasteiger partial charge in [-0.2, -0.15) is 18.4 Å². The molecule has 9 heteroatoms. The van der Waals surface area contributed by atoms with Crippen LogP contribution in [0, 0.1) is 23.2 Å². The van der Waals surface area contributed by atoms with Crippen LogP contribution in [0.1, 0.15) is 50.8 Å². The van der Waals surface area contributed by atoms with Gasteiger partial charge in [0.15, 0.2) is 0 Å². The van der Waals surface area contributed by atoms with Gasteiger partial charge in [0.1, 0.15) is 12.3 Å². The van der Waals surface area contributed by atoms with Gasteiger partial charge in [-0.1, -0.05) is 18.1 Å². The smallest absolute Gasteiger partial charge is 0.406 e. The molecule has 1 aliphatic rings. The third-order valence-electron chi connectivity index (χ3n) is 7.86. The molecular formula is C32H38F3N5O. The van der Waals surface area contributed by atoms with E-state index in [0.29, 0.717) is 28.7 Å². The lowest BCUT2D eigenvalue weighted by atomic mass is 9.86. The summed E-state index contributed by atoms with van der Waals surface area (Å²) in [6.45, 7) is 2.74.